The number of para-hydroxylation sites is 1. The van der Waals surface area contributed by atoms with Crippen molar-refractivity contribution >= 4 is 52.1 Å². The maximum atomic E-state index is 13.4. The lowest BCUT2D eigenvalue weighted by Gasteiger charge is -2.20. The van der Waals surface area contributed by atoms with E-state index in [1.54, 1.807) is 17.0 Å². The third kappa shape index (κ3) is 6.26. The van der Waals surface area contributed by atoms with Gasteiger partial charge in [-0.25, -0.2) is 4.99 Å². The van der Waals surface area contributed by atoms with Gasteiger partial charge in [-0.15, -0.1) is 0 Å². The summed E-state index contributed by atoms with van der Waals surface area (Å²) in [4.78, 5) is 34.4. The van der Waals surface area contributed by atoms with Crippen molar-refractivity contribution in [1.29, 1.82) is 0 Å². The predicted molar refractivity (Wildman–Crippen MR) is 148 cm³/mol. The number of aliphatic imine (C=N–C) groups is 1. The molecule has 9 nitrogen and oxygen atoms in total. The summed E-state index contributed by atoms with van der Waals surface area (Å²) in [6.45, 7) is 10.0. The fourth-order valence-corrected chi connectivity index (χ4v) is 4.60. The Hall–Kier alpha value is -3.92. The number of benzene rings is 2. The third-order valence-electron chi connectivity index (χ3n) is 5.78. The van der Waals surface area contributed by atoms with Crippen molar-refractivity contribution in [2.45, 2.75) is 33.7 Å². The van der Waals surface area contributed by atoms with Crippen LogP contribution in [0.1, 0.15) is 39.3 Å². The van der Waals surface area contributed by atoms with Crippen LogP contribution in [0.25, 0.3) is 6.08 Å². The van der Waals surface area contributed by atoms with Crippen molar-refractivity contribution < 1.29 is 18.8 Å². The first-order chi connectivity index (χ1) is 17.9. The van der Waals surface area contributed by atoms with E-state index in [9.17, 15) is 9.59 Å². The molecule has 0 saturated heterocycles. The van der Waals surface area contributed by atoms with E-state index in [1.807, 2.05) is 68.4 Å². The smallest absolute Gasteiger partial charge is 0.302 e. The summed E-state index contributed by atoms with van der Waals surface area (Å²) in [5.41, 5.74) is 3.01. The predicted octanol–water partition coefficient (Wildman–Crippen LogP) is 4.50. The van der Waals surface area contributed by atoms with Crippen molar-refractivity contribution in [3.05, 3.63) is 72.1 Å². The zero-order valence-corrected chi connectivity index (χ0v) is 22.2. The molecule has 0 unspecified atom stereocenters. The van der Waals surface area contributed by atoms with Crippen LogP contribution in [0, 0.1) is 0 Å². The number of nitrogens with zero attached hydrogens (tertiary/aromatic N) is 5. The first-order valence-electron chi connectivity index (χ1n) is 12.2. The molecule has 0 bridgehead atoms. The van der Waals surface area contributed by atoms with Crippen LogP contribution in [-0.2, 0) is 9.59 Å². The van der Waals surface area contributed by atoms with E-state index in [-0.39, 0.29) is 29.5 Å². The van der Waals surface area contributed by atoms with Crippen LogP contribution < -0.4 is 19.8 Å². The molecule has 0 aliphatic carbocycles. The van der Waals surface area contributed by atoms with Gasteiger partial charge in [0.25, 0.3) is 12.1 Å². The highest BCUT2D eigenvalue weighted by atomic mass is 32.2. The number of nitrogens with one attached hydrogen (secondary N) is 1. The third-order valence-corrected chi connectivity index (χ3v) is 6.71. The second-order valence-electron chi connectivity index (χ2n) is 8.64. The van der Waals surface area contributed by atoms with Crippen molar-refractivity contribution in [3.8, 4) is 0 Å². The standard InChI is InChI=1S/C27H30N6O3S/c1-5-31(6-2)21-14-12-20(13-15-21)16-23-26(35)33(22-10-8-7-9-11-22)27(28-23)37-18-24(34)29-25-17-32(19(3)4)30-36-25/h7-17,19H,5-6,18H2,1-4H3/p+1/b23-16+. The highest BCUT2D eigenvalue weighted by Gasteiger charge is 2.32. The molecule has 37 heavy (non-hydrogen) atoms. The zero-order chi connectivity index (χ0) is 26.4. The molecule has 1 aromatic heterocycles. The second kappa shape index (κ2) is 11.9. The van der Waals surface area contributed by atoms with Crippen molar-refractivity contribution in [2.75, 3.05) is 34.0 Å². The van der Waals surface area contributed by atoms with Crippen molar-refractivity contribution in [2.24, 2.45) is 4.99 Å². The Morgan fingerprint density at radius 2 is 1.84 bits per heavy atom. The van der Waals surface area contributed by atoms with Gasteiger partial charge >= 0.3 is 5.88 Å². The first-order valence-corrected chi connectivity index (χ1v) is 13.2. The summed E-state index contributed by atoms with van der Waals surface area (Å²) in [6, 6.07) is 17.5. The minimum absolute atomic E-state index is 0.0453. The van der Waals surface area contributed by atoms with E-state index in [1.165, 1.54) is 16.7 Å². The topological polar surface area (TPSA) is 94.9 Å². The molecule has 0 saturated carbocycles. The molecule has 1 N–H and O–H groups in total. The van der Waals surface area contributed by atoms with Gasteiger partial charge in [-0.3, -0.25) is 24.3 Å². The number of rotatable bonds is 9. The van der Waals surface area contributed by atoms with Crippen LogP contribution in [-0.4, -0.2) is 41.1 Å². The number of anilines is 3. The number of amides is 2. The average Bonchev–Trinajstić information content (AvgIpc) is 3.49. The summed E-state index contributed by atoms with van der Waals surface area (Å²) in [5, 5.41) is 7.01. The Balaban J connectivity index is 1.52. The molecule has 2 heterocycles. The fourth-order valence-electron chi connectivity index (χ4n) is 3.79. The first kappa shape index (κ1) is 26.2. The van der Waals surface area contributed by atoms with Crippen molar-refractivity contribution in [1.82, 2.24) is 5.27 Å². The average molecular weight is 520 g/mol. The Morgan fingerprint density at radius 3 is 2.46 bits per heavy atom. The minimum atomic E-state index is -0.287. The number of hydrogen-bond acceptors (Lipinski definition) is 7. The van der Waals surface area contributed by atoms with E-state index < -0.39 is 0 Å². The highest BCUT2D eigenvalue weighted by molar-refractivity contribution is 8.14. The monoisotopic (exact) mass is 519 g/mol. The Labute approximate surface area is 220 Å². The van der Waals surface area contributed by atoms with Crippen LogP contribution in [0.4, 0.5) is 17.3 Å². The second-order valence-corrected chi connectivity index (χ2v) is 9.58. The highest BCUT2D eigenvalue weighted by Crippen LogP contribution is 2.29. The molecule has 0 fully saturated rings. The Bertz CT molecular complexity index is 1300. The molecule has 192 valence electrons. The Kier molecular flexibility index (Phi) is 8.39. The van der Waals surface area contributed by atoms with Gasteiger partial charge in [-0.2, -0.15) is 0 Å². The molecule has 0 atom stereocenters. The van der Waals surface area contributed by atoms with Crippen LogP contribution >= 0.6 is 11.8 Å². The molecule has 3 aromatic rings. The van der Waals surface area contributed by atoms with Crippen LogP contribution in [0.2, 0.25) is 0 Å². The van der Waals surface area contributed by atoms with E-state index in [0.29, 0.717) is 16.6 Å². The molecule has 2 aromatic carbocycles. The largest absolute Gasteiger partial charge is 0.372 e. The van der Waals surface area contributed by atoms with Gasteiger partial charge in [-0.05, 0) is 68.3 Å². The summed E-state index contributed by atoms with van der Waals surface area (Å²) in [7, 11) is 0. The zero-order valence-electron chi connectivity index (χ0n) is 21.4. The SMILES string of the molecule is CCN(CC)c1ccc(/C=C2/N=C(SCC(=O)Nc3c[n+](C(C)C)no3)N(c3ccccc3)C2=O)cc1. The van der Waals surface area contributed by atoms with Crippen LogP contribution in [0.15, 0.2) is 76.0 Å². The summed E-state index contributed by atoms with van der Waals surface area (Å²) < 4.78 is 6.78. The van der Waals surface area contributed by atoms with E-state index >= 15 is 0 Å². The van der Waals surface area contributed by atoms with Crippen LogP contribution in [0.3, 0.4) is 0 Å². The minimum Gasteiger partial charge on any atom is -0.372 e. The number of aromatic nitrogens is 2. The number of thioether (sulfide) groups is 1. The van der Waals surface area contributed by atoms with Gasteiger partial charge in [0.05, 0.1) is 11.4 Å². The van der Waals surface area contributed by atoms with Gasteiger partial charge in [0.1, 0.15) is 5.70 Å². The Morgan fingerprint density at radius 1 is 1.14 bits per heavy atom. The number of hydrogen-bond donors (Lipinski definition) is 1. The molecule has 1 aliphatic heterocycles. The van der Waals surface area contributed by atoms with Gasteiger partial charge in [0, 0.05) is 18.8 Å². The molecule has 2 amide bonds. The quantitative estimate of drug-likeness (QED) is 0.330. The molecule has 0 spiro atoms. The molecule has 4 rings (SSSR count). The summed E-state index contributed by atoms with van der Waals surface area (Å²) in [6.07, 6.45) is 3.41. The number of carbonyl (C=O) groups is 2. The maximum Gasteiger partial charge on any atom is 0.302 e. The van der Waals surface area contributed by atoms with E-state index in [4.69, 9.17) is 4.52 Å². The maximum absolute atomic E-state index is 13.4. The van der Waals surface area contributed by atoms with Crippen LogP contribution in [0.5, 0.6) is 0 Å². The lowest BCUT2D eigenvalue weighted by atomic mass is 10.1. The molecule has 1 aliphatic rings. The lowest BCUT2D eigenvalue weighted by Crippen LogP contribution is -2.37. The van der Waals surface area contributed by atoms with Gasteiger partial charge in [0.15, 0.2) is 11.2 Å². The summed E-state index contributed by atoms with van der Waals surface area (Å²) in [5.74, 6) is -0.221. The fraction of sp³-hybridized carbons (Fsp3) is 0.296. The number of carbonyl (C=O) groups excluding carboxylic acids is 2. The molecular weight excluding hydrogens is 488 g/mol. The molecule has 0 radical (unpaired) electrons. The van der Waals surface area contributed by atoms with Gasteiger partial charge < -0.3 is 4.90 Å². The van der Waals surface area contributed by atoms with E-state index in [0.717, 1.165) is 24.3 Å². The summed E-state index contributed by atoms with van der Waals surface area (Å²) >= 11 is 1.18. The molecular formula is C27H31N6O3S+. The normalized spacial score (nSPS) is 14.4. The van der Waals surface area contributed by atoms with Gasteiger partial charge in [0.2, 0.25) is 11.2 Å². The number of amidine groups is 1. The van der Waals surface area contributed by atoms with Gasteiger partial charge in [-0.1, -0.05) is 42.1 Å². The van der Waals surface area contributed by atoms with E-state index in [2.05, 4.69) is 34.3 Å². The lowest BCUT2D eigenvalue weighted by molar-refractivity contribution is -0.779. The van der Waals surface area contributed by atoms with Crippen molar-refractivity contribution in [3.63, 3.8) is 0 Å². The molecule has 10 heteroatoms.